The number of hydrogen-bond donors (Lipinski definition) is 2. The van der Waals surface area contributed by atoms with Gasteiger partial charge in [0.2, 0.25) is 10.0 Å². The van der Waals surface area contributed by atoms with Crippen molar-refractivity contribution in [2.45, 2.75) is 31.2 Å². The average molecular weight is 420 g/mol. The van der Waals surface area contributed by atoms with Gasteiger partial charge < -0.3 is 14.8 Å². The summed E-state index contributed by atoms with van der Waals surface area (Å²) in [5.41, 5.74) is 0.101. The first-order valence-corrected chi connectivity index (χ1v) is 10.2. The summed E-state index contributed by atoms with van der Waals surface area (Å²) in [6.07, 6.45) is 0.675. The zero-order chi connectivity index (χ0) is 21.7. The van der Waals surface area contributed by atoms with E-state index in [1.165, 1.54) is 37.4 Å². The highest BCUT2D eigenvalue weighted by molar-refractivity contribution is 7.89. The first-order chi connectivity index (χ1) is 13.5. The molecule has 0 saturated heterocycles. The molecule has 2 aromatic carbocycles. The quantitative estimate of drug-likeness (QED) is 0.635. The normalized spacial score (nSPS) is 11.6. The topological polar surface area (TPSA) is 111 Å². The Morgan fingerprint density at radius 1 is 1.10 bits per heavy atom. The number of carbonyl (C=O) groups is 2. The Morgan fingerprint density at radius 2 is 1.83 bits per heavy atom. The lowest BCUT2D eigenvalue weighted by molar-refractivity contribution is -0.118. The fraction of sp³-hybridized carbons (Fsp3) is 0.300. The van der Waals surface area contributed by atoms with Crippen LogP contribution in [0.2, 0.25) is 0 Å². The Morgan fingerprint density at radius 3 is 2.45 bits per heavy atom. The molecule has 0 fully saturated rings. The van der Waals surface area contributed by atoms with Gasteiger partial charge in [0, 0.05) is 16.8 Å². The van der Waals surface area contributed by atoms with E-state index < -0.39 is 21.5 Å². The second-order valence-corrected chi connectivity index (χ2v) is 8.93. The van der Waals surface area contributed by atoms with E-state index in [0.717, 1.165) is 0 Å². The van der Waals surface area contributed by atoms with Gasteiger partial charge in [0.25, 0.3) is 5.91 Å². The highest BCUT2D eigenvalue weighted by Gasteiger charge is 2.22. The number of anilines is 1. The number of carbonyl (C=O) groups excluding carboxylic acids is 2. The molecule has 0 aromatic heterocycles. The minimum Gasteiger partial charge on any atom is -0.493 e. The molecule has 156 valence electrons. The maximum Gasteiger partial charge on any atom is 0.262 e. The lowest BCUT2D eigenvalue weighted by Crippen LogP contribution is -2.40. The number of methoxy groups -OCH3 is 1. The lowest BCUT2D eigenvalue weighted by atomic mass is 10.1. The van der Waals surface area contributed by atoms with Crippen molar-refractivity contribution in [3.8, 4) is 11.5 Å². The minimum atomic E-state index is -3.72. The average Bonchev–Trinajstić information content (AvgIpc) is 2.64. The van der Waals surface area contributed by atoms with Crippen LogP contribution < -0.4 is 19.5 Å². The van der Waals surface area contributed by atoms with Gasteiger partial charge in [-0.1, -0.05) is 6.07 Å². The fourth-order valence-electron chi connectivity index (χ4n) is 2.42. The van der Waals surface area contributed by atoms with E-state index >= 15 is 0 Å². The molecule has 0 bridgehead atoms. The highest BCUT2D eigenvalue weighted by atomic mass is 32.2. The number of aldehydes is 1. The summed E-state index contributed by atoms with van der Waals surface area (Å²) in [7, 11) is -2.30. The predicted octanol–water partition coefficient (Wildman–Crippen LogP) is 2.60. The molecule has 9 heteroatoms. The molecule has 0 aliphatic heterocycles. The molecule has 2 N–H and O–H groups in total. The van der Waals surface area contributed by atoms with E-state index in [-0.39, 0.29) is 11.5 Å². The van der Waals surface area contributed by atoms with Gasteiger partial charge in [-0.05, 0) is 57.2 Å². The van der Waals surface area contributed by atoms with Gasteiger partial charge in [0.15, 0.2) is 18.1 Å². The summed E-state index contributed by atoms with van der Waals surface area (Å²) in [5, 5.41) is 2.59. The Kier molecular flexibility index (Phi) is 6.99. The van der Waals surface area contributed by atoms with Crippen molar-refractivity contribution in [3.05, 3.63) is 48.0 Å². The van der Waals surface area contributed by atoms with Crippen LogP contribution in [0.3, 0.4) is 0 Å². The second-order valence-electron chi connectivity index (χ2n) is 7.25. The molecule has 29 heavy (non-hydrogen) atoms. The molecule has 2 aromatic rings. The summed E-state index contributed by atoms with van der Waals surface area (Å²) in [4.78, 5) is 23.1. The van der Waals surface area contributed by atoms with Crippen molar-refractivity contribution in [2.75, 3.05) is 19.0 Å². The van der Waals surface area contributed by atoms with Crippen LogP contribution in [0.25, 0.3) is 0 Å². The van der Waals surface area contributed by atoms with Crippen LogP contribution >= 0.6 is 0 Å². The maximum absolute atomic E-state index is 12.4. The summed E-state index contributed by atoms with van der Waals surface area (Å²) in [6, 6.07) is 10.5. The standard InChI is InChI=1S/C20H24N2O6S/c1-20(2,3)22-29(25,26)16-7-5-6-15(11-16)21-19(24)13-28-17-9-8-14(12-23)10-18(17)27-4/h5-12,22H,13H2,1-4H3,(H,21,24). The first-order valence-electron chi connectivity index (χ1n) is 8.74. The summed E-state index contributed by atoms with van der Waals surface area (Å²) >= 11 is 0. The number of benzene rings is 2. The zero-order valence-electron chi connectivity index (χ0n) is 16.7. The molecule has 1 amide bonds. The van der Waals surface area contributed by atoms with Crippen molar-refractivity contribution >= 4 is 27.9 Å². The molecule has 2 rings (SSSR count). The van der Waals surface area contributed by atoms with Gasteiger partial charge in [-0.25, -0.2) is 13.1 Å². The van der Waals surface area contributed by atoms with Crippen LogP contribution in [0, 0.1) is 0 Å². The smallest absolute Gasteiger partial charge is 0.262 e. The SMILES string of the molecule is COc1cc(C=O)ccc1OCC(=O)Nc1cccc(S(=O)(=O)NC(C)(C)C)c1. The van der Waals surface area contributed by atoms with Crippen LogP contribution in [0.15, 0.2) is 47.4 Å². The van der Waals surface area contributed by atoms with Crippen LogP contribution in [0.1, 0.15) is 31.1 Å². The third kappa shape index (κ3) is 6.58. The largest absolute Gasteiger partial charge is 0.493 e. The highest BCUT2D eigenvalue weighted by Crippen LogP contribution is 2.27. The van der Waals surface area contributed by atoms with E-state index in [4.69, 9.17) is 9.47 Å². The zero-order valence-corrected chi connectivity index (χ0v) is 17.5. The number of nitrogens with one attached hydrogen (secondary N) is 2. The Hall–Kier alpha value is -2.91. The van der Waals surface area contributed by atoms with Crippen LogP contribution in [-0.2, 0) is 14.8 Å². The van der Waals surface area contributed by atoms with Crippen molar-refractivity contribution in [1.82, 2.24) is 4.72 Å². The van der Waals surface area contributed by atoms with Gasteiger partial charge in [0.1, 0.15) is 6.29 Å². The Bertz CT molecular complexity index is 996. The molecular weight excluding hydrogens is 396 g/mol. The summed E-state index contributed by atoms with van der Waals surface area (Å²) in [5.74, 6) is 0.146. The van der Waals surface area contributed by atoms with Crippen molar-refractivity contribution in [2.24, 2.45) is 0 Å². The molecule has 0 aliphatic rings. The molecule has 0 unspecified atom stereocenters. The third-order valence-corrected chi connectivity index (χ3v) is 5.31. The van der Waals surface area contributed by atoms with Crippen molar-refractivity contribution < 1.29 is 27.5 Å². The van der Waals surface area contributed by atoms with Crippen molar-refractivity contribution in [1.29, 1.82) is 0 Å². The fourth-order valence-corrected chi connectivity index (χ4v) is 3.88. The van der Waals surface area contributed by atoms with Crippen LogP contribution in [-0.4, -0.2) is 39.9 Å². The monoisotopic (exact) mass is 420 g/mol. The van der Waals surface area contributed by atoms with E-state index in [1.54, 1.807) is 32.9 Å². The van der Waals surface area contributed by atoms with Crippen LogP contribution in [0.5, 0.6) is 11.5 Å². The third-order valence-electron chi connectivity index (χ3n) is 3.55. The number of hydrogen-bond acceptors (Lipinski definition) is 6. The van der Waals surface area contributed by atoms with E-state index in [1.807, 2.05) is 0 Å². The Labute approximate surface area is 170 Å². The minimum absolute atomic E-state index is 0.0391. The first kappa shape index (κ1) is 22.4. The van der Waals surface area contributed by atoms with Crippen LogP contribution in [0.4, 0.5) is 5.69 Å². The number of ether oxygens (including phenoxy) is 2. The van der Waals surface area contributed by atoms with Gasteiger partial charge in [-0.3, -0.25) is 9.59 Å². The maximum atomic E-state index is 12.4. The Balaban J connectivity index is 2.06. The van der Waals surface area contributed by atoms with E-state index in [2.05, 4.69) is 10.0 Å². The van der Waals surface area contributed by atoms with E-state index in [0.29, 0.717) is 29.0 Å². The summed E-state index contributed by atoms with van der Waals surface area (Å²) in [6.45, 7) is 4.89. The molecule has 0 aliphatic carbocycles. The van der Waals surface area contributed by atoms with Crippen molar-refractivity contribution in [3.63, 3.8) is 0 Å². The number of rotatable bonds is 8. The predicted molar refractivity (Wildman–Crippen MR) is 109 cm³/mol. The van der Waals surface area contributed by atoms with Gasteiger partial charge in [-0.15, -0.1) is 0 Å². The molecule has 0 atom stereocenters. The number of sulfonamides is 1. The lowest BCUT2D eigenvalue weighted by Gasteiger charge is -2.20. The number of amides is 1. The second kappa shape index (κ2) is 9.06. The van der Waals surface area contributed by atoms with Gasteiger partial charge >= 0.3 is 0 Å². The molecule has 0 saturated carbocycles. The molecule has 0 spiro atoms. The van der Waals surface area contributed by atoms with E-state index in [9.17, 15) is 18.0 Å². The summed E-state index contributed by atoms with van der Waals surface area (Å²) < 4.78 is 38.0. The molecular formula is C20H24N2O6S. The molecule has 0 heterocycles. The molecule has 0 radical (unpaired) electrons. The molecule has 8 nitrogen and oxygen atoms in total. The van der Waals surface area contributed by atoms with Gasteiger partial charge in [0.05, 0.1) is 12.0 Å². The van der Waals surface area contributed by atoms with Gasteiger partial charge in [-0.2, -0.15) is 0 Å².